The van der Waals surface area contributed by atoms with Crippen molar-refractivity contribution in [2.24, 2.45) is 0 Å². The van der Waals surface area contributed by atoms with Crippen molar-refractivity contribution in [1.82, 2.24) is 0 Å². The van der Waals surface area contributed by atoms with E-state index in [1.54, 1.807) is 12.1 Å². The smallest absolute Gasteiger partial charge is 0.143 e. The van der Waals surface area contributed by atoms with Crippen LogP contribution in [0.1, 0.15) is 11.1 Å². The number of nitrogens with zero attached hydrogens (tertiary/aromatic N) is 1. The Balaban J connectivity index is 1.95. The number of halogens is 2. The maximum absolute atomic E-state index is 13.0. The van der Waals surface area contributed by atoms with Gasteiger partial charge < -0.3 is 14.7 Å². The minimum Gasteiger partial charge on any atom is -0.489 e. The van der Waals surface area contributed by atoms with Gasteiger partial charge in [-0.15, -0.1) is 0 Å². The summed E-state index contributed by atoms with van der Waals surface area (Å²) in [5, 5.41) is 10.1. The van der Waals surface area contributed by atoms with Crippen molar-refractivity contribution < 1.29 is 14.2 Å². The molecule has 0 aromatic heterocycles. The molecule has 1 aliphatic heterocycles. The van der Waals surface area contributed by atoms with Crippen molar-refractivity contribution in [3.8, 4) is 5.75 Å². The monoisotopic (exact) mass is 365 g/mol. The molecule has 1 atom stereocenters. The molecule has 1 N–H and O–H groups in total. The summed E-state index contributed by atoms with van der Waals surface area (Å²) in [4.78, 5) is 2.07. The van der Waals surface area contributed by atoms with Gasteiger partial charge in [-0.3, -0.25) is 0 Å². The van der Waals surface area contributed by atoms with E-state index >= 15 is 0 Å². The van der Waals surface area contributed by atoms with E-state index in [-0.39, 0.29) is 12.4 Å². The van der Waals surface area contributed by atoms with Crippen molar-refractivity contribution in [3.63, 3.8) is 0 Å². The lowest BCUT2D eigenvalue weighted by Gasteiger charge is -2.25. The number of aliphatic hydroxyl groups is 1. The number of hydrogen-bond acceptors (Lipinski definition) is 3. The maximum atomic E-state index is 13.0. The van der Waals surface area contributed by atoms with Crippen LogP contribution in [0, 0.1) is 12.7 Å². The predicted molar refractivity (Wildman–Crippen MR) is 87.8 cm³/mol. The third-order valence-electron chi connectivity index (χ3n) is 3.73. The van der Waals surface area contributed by atoms with Gasteiger partial charge in [-0.25, -0.2) is 4.39 Å². The highest BCUT2D eigenvalue weighted by atomic mass is 79.9. The van der Waals surface area contributed by atoms with Crippen LogP contribution in [-0.2, 0) is 6.54 Å². The summed E-state index contributed by atoms with van der Waals surface area (Å²) in [6, 6.07) is 10.4. The van der Waals surface area contributed by atoms with Gasteiger partial charge >= 0.3 is 0 Å². The Labute approximate surface area is 137 Å². The van der Waals surface area contributed by atoms with Crippen molar-refractivity contribution in [2.45, 2.75) is 19.6 Å². The quantitative estimate of drug-likeness (QED) is 0.881. The molecule has 3 nitrogen and oxygen atoms in total. The third kappa shape index (κ3) is 3.25. The lowest BCUT2D eigenvalue weighted by atomic mass is 10.1. The van der Waals surface area contributed by atoms with Crippen LogP contribution >= 0.6 is 15.9 Å². The van der Waals surface area contributed by atoms with Crippen LogP contribution in [0.2, 0.25) is 0 Å². The van der Waals surface area contributed by atoms with Gasteiger partial charge in [0, 0.05) is 17.6 Å². The number of anilines is 1. The number of rotatable bonds is 2. The van der Waals surface area contributed by atoms with Crippen LogP contribution in [0.25, 0.3) is 0 Å². The van der Waals surface area contributed by atoms with E-state index in [0.717, 1.165) is 27.0 Å². The number of ether oxygens (including phenoxy) is 1. The lowest BCUT2D eigenvalue weighted by Crippen LogP contribution is -2.32. The van der Waals surface area contributed by atoms with Crippen molar-refractivity contribution in [2.75, 3.05) is 18.1 Å². The molecular formula is C17H17BrFNO2. The molecular weight excluding hydrogens is 349 g/mol. The highest BCUT2D eigenvalue weighted by molar-refractivity contribution is 9.10. The molecule has 2 aromatic carbocycles. The molecule has 116 valence electrons. The van der Waals surface area contributed by atoms with Gasteiger partial charge in [-0.2, -0.15) is 0 Å². The van der Waals surface area contributed by atoms with Gasteiger partial charge in [0.2, 0.25) is 0 Å². The number of aliphatic hydroxyl groups excluding tert-OH is 1. The minimum atomic E-state index is -0.563. The Hall–Kier alpha value is -1.59. The van der Waals surface area contributed by atoms with E-state index in [0.29, 0.717) is 13.1 Å². The van der Waals surface area contributed by atoms with Gasteiger partial charge in [0.1, 0.15) is 24.3 Å². The maximum Gasteiger partial charge on any atom is 0.143 e. The van der Waals surface area contributed by atoms with Crippen LogP contribution in [0.3, 0.4) is 0 Å². The predicted octanol–water partition coefficient (Wildman–Crippen LogP) is 3.66. The third-order valence-corrected chi connectivity index (χ3v) is 4.58. The second kappa shape index (κ2) is 6.26. The second-order valence-corrected chi connectivity index (χ2v) is 6.40. The number of fused-ring (bicyclic) bond motifs is 1. The molecule has 0 radical (unpaired) electrons. The molecule has 22 heavy (non-hydrogen) atoms. The molecule has 0 saturated carbocycles. The Kier molecular flexibility index (Phi) is 4.36. The molecule has 1 aliphatic rings. The summed E-state index contributed by atoms with van der Waals surface area (Å²) in [7, 11) is 0. The Morgan fingerprint density at radius 2 is 2.05 bits per heavy atom. The number of hydrogen-bond donors (Lipinski definition) is 1. The highest BCUT2D eigenvalue weighted by Crippen LogP contribution is 2.36. The number of benzene rings is 2. The van der Waals surface area contributed by atoms with E-state index in [1.807, 2.05) is 19.1 Å². The summed E-state index contributed by atoms with van der Waals surface area (Å²) in [5.74, 6) is 0.499. The standard InChI is InChI=1S/C17H17BrFNO2/c1-11-6-16-17(7-15(11)18)22-10-14(21)9-20(16)8-12-2-4-13(19)5-3-12/h2-7,14,21H,8-10H2,1H3/t14-/m1/s1. The summed E-state index contributed by atoms with van der Waals surface area (Å²) in [5.41, 5.74) is 3.03. The second-order valence-electron chi connectivity index (χ2n) is 5.54. The number of aryl methyl sites for hydroxylation is 1. The van der Waals surface area contributed by atoms with Gasteiger partial charge in [0.05, 0.1) is 5.69 Å². The summed E-state index contributed by atoms with van der Waals surface area (Å²) >= 11 is 3.51. The zero-order valence-electron chi connectivity index (χ0n) is 12.2. The molecule has 0 fully saturated rings. The Morgan fingerprint density at radius 1 is 1.32 bits per heavy atom. The molecule has 0 bridgehead atoms. The van der Waals surface area contributed by atoms with Gasteiger partial charge in [-0.05, 0) is 42.3 Å². The van der Waals surface area contributed by atoms with E-state index in [4.69, 9.17) is 4.74 Å². The van der Waals surface area contributed by atoms with Crippen LogP contribution in [-0.4, -0.2) is 24.4 Å². The highest BCUT2D eigenvalue weighted by Gasteiger charge is 2.22. The topological polar surface area (TPSA) is 32.7 Å². The van der Waals surface area contributed by atoms with E-state index in [2.05, 4.69) is 20.8 Å². The Bertz CT molecular complexity index is 675. The molecule has 0 spiro atoms. The normalized spacial score (nSPS) is 17.6. The fourth-order valence-electron chi connectivity index (χ4n) is 2.56. The van der Waals surface area contributed by atoms with Crippen molar-refractivity contribution >= 4 is 21.6 Å². The SMILES string of the molecule is Cc1cc2c(cc1Br)OC[C@H](O)CN2Cc1ccc(F)cc1. The van der Waals surface area contributed by atoms with Crippen LogP contribution < -0.4 is 9.64 Å². The molecule has 1 heterocycles. The van der Waals surface area contributed by atoms with E-state index in [1.165, 1.54) is 12.1 Å². The molecule has 0 saturated heterocycles. The fourth-order valence-corrected chi connectivity index (χ4v) is 2.88. The first-order valence-electron chi connectivity index (χ1n) is 7.13. The Morgan fingerprint density at radius 3 is 2.77 bits per heavy atom. The molecule has 0 amide bonds. The van der Waals surface area contributed by atoms with Crippen molar-refractivity contribution in [3.05, 3.63) is 57.8 Å². The van der Waals surface area contributed by atoms with E-state index < -0.39 is 6.10 Å². The van der Waals surface area contributed by atoms with E-state index in [9.17, 15) is 9.50 Å². The molecule has 0 aliphatic carbocycles. The zero-order chi connectivity index (χ0) is 15.7. The molecule has 5 heteroatoms. The lowest BCUT2D eigenvalue weighted by molar-refractivity contribution is 0.118. The molecule has 0 unspecified atom stereocenters. The summed E-state index contributed by atoms with van der Waals surface area (Å²) in [6.45, 7) is 3.35. The minimum absolute atomic E-state index is 0.247. The fraction of sp³-hybridized carbons (Fsp3) is 0.294. The van der Waals surface area contributed by atoms with Gasteiger partial charge in [0.15, 0.2) is 0 Å². The average molecular weight is 366 g/mol. The average Bonchev–Trinajstić information content (AvgIpc) is 2.63. The van der Waals surface area contributed by atoms with Crippen LogP contribution in [0.4, 0.5) is 10.1 Å². The first-order valence-corrected chi connectivity index (χ1v) is 7.92. The van der Waals surface area contributed by atoms with Crippen molar-refractivity contribution in [1.29, 1.82) is 0 Å². The molecule has 3 rings (SSSR count). The summed E-state index contributed by atoms with van der Waals surface area (Å²) < 4.78 is 19.7. The zero-order valence-corrected chi connectivity index (χ0v) is 13.8. The van der Waals surface area contributed by atoms with Crippen LogP contribution in [0.15, 0.2) is 40.9 Å². The first-order chi connectivity index (χ1) is 10.5. The number of β-amino-alcohol motifs (C(OH)–C–C–N with tert-alkyl or cyclic N) is 1. The first kappa shape index (κ1) is 15.3. The largest absolute Gasteiger partial charge is 0.489 e. The summed E-state index contributed by atoms with van der Waals surface area (Å²) in [6.07, 6.45) is -0.563. The van der Waals surface area contributed by atoms with Crippen LogP contribution in [0.5, 0.6) is 5.75 Å². The molecule has 2 aromatic rings. The van der Waals surface area contributed by atoms with Gasteiger partial charge in [-0.1, -0.05) is 28.1 Å². The van der Waals surface area contributed by atoms with Gasteiger partial charge in [0.25, 0.3) is 0 Å².